The van der Waals surface area contributed by atoms with Crippen molar-refractivity contribution in [2.24, 2.45) is 0 Å². The van der Waals surface area contributed by atoms with Crippen LogP contribution in [0.15, 0.2) is 0 Å². The first-order valence-corrected chi connectivity index (χ1v) is 6.23. The second kappa shape index (κ2) is 8.49. The van der Waals surface area contributed by atoms with Crippen molar-refractivity contribution in [3.05, 3.63) is 0 Å². The predicted octanol–water partition coefficient (Wildman–Crippen LogP) is -0.842. The maximum atomic E-state index is 11.7. The average molecular weight is 292 g/mol. The smallest absolute Gasteiger partial charge is 0.342 e. The first kappa shape index (κ1) is 18.3. The van der Waals surface area contributed by atoms with E-state index in [1.165, 1.54) is 20.8 Å². The molecular formula is C12H20O8. The summed E-state index contributed by atoms with van der Waals surface area (Å²) in [6.45, 7) is 4.35. The van der Waals surface area contributed by atoms with Gasteiger partial charge in [-0.05, 0) is 20.8 Å². The van der Waals surface area contributed by atoms with Gasteiger partial charge in [0.2, 0.25) is 5.60 Å². The average Bonchev–Trinajstić information content (AvgIpc) is 2.38. The van der Waals surface area contributed by atoms with E-state index in [9.17, 15) is 24.6 Å². The largest absolute Gasteiger partial charge is 0.466 e. The molecule has 0 aromatic heterocycles. The number of ether oxygens (including phenoxy) is 3. The van der Waals surface area contributed by atoms with E-state index in [0.717, 1.165) is 0 Å². The zero-order valence-corrected chi connectivity index (χ0v) is 11.7. The maximum Gasteiger partial charge on any atom is 0.342 e. The van der Waals surface area contributed by atoms with Crippen molar-refractivity contribution in [1.29, 1.82) is 0 Å². The number of hydrogen-bond acceptors (Lipinski definition) is 8. The lowest BCUT2D eigenvalue weighted by molar-refractivity contribution is -0.194. The van der Waals surface area contributed by atoms with Crippen LogP contribution in [0.4, 0.5) is 0 Å². The Labute approximate surface area is 116 Å². The van der Waals surface area contributed by atoms with E-state index in [1.54, 1.807) is 0 Å². The standard InChI is InChI=1S/C12H20O8/c1-4-18-8(13)7-12(17,11(16)20-6-3)9(14)10(15)19-5-2/h9,14,17H,4-7H2,1-3H3/t9-,12+/m0/s1. The highest BCUT2D eigenvalue weighted by molar-refractivity contribution is 5.92. The van der Waals surface area contributed by atoms with Gasteiger partial charge in [-0.15, -0.1) is 0 Å². The fourth-order valence-electron chi connectivity index (χ4n) is 1.38. The molecule has 8 heteroatoms. The third-order valence-corrected chi connectivity index (χ3v) is 2.31. The van der Waals surface area contributed by atoms with Crippen LogP contribution in [0.3, 0.4) is 0 Å². The maximum absolute atomic E-state index is 11.7. The van der Waals surface area contributed by atoms with Gasteiger partial charge in [-0.2, -0.15) is 0 Å². The molecule has 20 heavy (non-hydrogen) atoms. The lowest BCUT2D eigenvalue weighted by Crippen LogP contribution is -2.55. The summed E-state index contributed by atoms with van der Waals surface area (Å²) in [6, 6.07) is 0. The summed E-state index contributed by atoms with van der Waals surface area (Å²) in [6.07, 6.45) is -3.16. The monoisotopic (exact) mass is 292 g/mol. The third kappa shape index (κ3) is 4.78. The Morgan fingerprint density at radius 3 is 1.95 bits per heavy atom. The molecule has 0 amide bonds. The highest BCUT2D eigenvalue weighted by atomic mass is 16.6. The topological polar surface area (TPSA) is 119 Å². The van der Waals surface area contributed by atoms with E-state index in [1.807, 2.05) is 0 Å². The van der Waals surface area contributed by atoms with E-state index in [2.05, 4.69) is 14.2 Å². The van der Waals surface area contributed by atoms with Crippen molar-refractivity contribution < 1.29 is 38.8 Å². The molecule has 0 heterocycles. The van der Waals surface area contributed by atoms with Crippen LogP contribution in [0.1, 0.15) is 27.2 Å². The predicted molar refractivity (Wildman–Crippen MR) is 65.5 cm³/mol. The highest BCUT2D eigenvalue weighted by Crippen LogP contribution is 2.20. The van der Waals surface area contributed by atoms with E-state index in [0.29, 0.717) is 0 Å². The summed E-state index contributed by atoms with van der Waals surface area (Å²) in [4.78, 5) is 34.6. The molecule has 2 atom stereocenters. The minimum Gasteiger partial charge on any atom is -0.466 e. The van der Waals surface area contributed by atoms with Crippen molar-refractivity contribution in [3.63, 3.8) is 0 Å². The molecule has 0 radical (unpaired) electrons. The first-order chi connectivity index (χ1) is 9.33. The molecule has 116 valence electrons. The molecule has 0 aliphatic heterocycles. The second-order valence-electron chi connectivity index (χ2n) is 3.78. The number of carbonyl (C=O) groups is 3. The van der Waals surface area contributed by atoms with E-state index >= 15 is 0 Å². The Morgan fingerprint density at radius 1 is 1.00 bits per heavy atom. The number of aliphatic hydroxyl groups excluding tert-OH is 1. The van der Waals surface area contributed by atoms with Crippen LogP contribution >= 0.6 is 0 Å². The molecule has 0 aliphatic carbocycles. The Kier molecular flexibility index (Phi) is 7.78. The molecule has 0 unspecified atom stereocenters. The van der Waals surface area contributed by atoms with Crippen molar-refractivity contribution in [2.75, 3.05) is 19.8 Å². The van der Waals surface area contributed by atoms with Gasteiger partial charge in [0, 0.05) is 0 Å². The summed E-state index contributed by atoms with van der Waals surface area (Å²) >= 11 is 0. The van der Waals surface area contributed by atoms with Crippen molar-refractivity contribution in [1.82, 2.24) is 0 Å². The third-order valence-electron chi connectivity index (χ3n) is 2.31. The van der Waals surface area contributed by atoms with Gasteiger partial charge in [0.05, 0.1) is 26.2 Å². The Hall–Kier alpha value is -1.67. The molecule has 0 fully saturated rings. The first-order valence-electron chi connectivity index (χ1n) is 6.23. The van der Waals surface area contributed by atoms with E-state index < -0.39 is 36.0 Å². The quantitative estimate of drug-likeness (QED) is 0.439. The van der Waals surface area contributed by atoms with Crippen LogP contribution in [-0.4, -0.2) is 59.6 Å². The van der Waals surface area contributed by atoms with Crippen molar-refractivity contribution in [2.45, 2.75) is 38.9 Å². The van der Waals surface area contributed by atoms with Gasteiger partial charge in [-0.3, -0.25) is 4.79 Å². The van der Waals surface area contributed by atoms with Crippen LogP contribution in [0, 0.1) is 0 Å². The van der Waals surface area contributed by atoms with Crippen molar-refractivity contribution in [3.8, 4) is 0 Å². The molecule has 0 saturated carbocycles. The highest BCUT2D eigenvalue weighted by Gasteiger charge is 2.51. The zero-order chi connectivity index (χ0) is 15.8. The Morgan fingerprint density at radius 2 is 1.50 bits per heavy atom. The minimum atomic E-state index is -2.74. The number of aliphatic hydroxyl groups is 2. The SMILES string of the molecule is CCOC(=O)C[C@](O)(C(=O)OCC)[C@@H](O)C(=O)OCC. The number of hydrogen-bond donors (Lipinski definition) is 2. The van der Waals surface area contributed by atoms with Gasteiger partial charge < -0.3 is 24.4 Å². The van der Waals surface area contributed by atoms with Crippen molar-refractivity contribution >= 4 is 17.9 Å². The molecule has 0 spiro atoms. The number of carbonyl (C=O) groups excluding carboxylic acids is 3. The Bertz CT molecular complexity index is 353. The molecule has 0 aromatic rings. The lowest BCUT2D eigenvalue weighted by atomic mass is 9.92. The summed E-state index contributed by atoms with van der Waals surface area (Å²) in [7, 11) is 0. The summed E-state index contributed by atoms with van der Waals surface area (Å²) in [5, 5.41) is 19.9. The van der Waals surface area contributed by atoms with Crippen LogP contribution in [0.5, 0.6) is 0 Å². The van der Waals surface area contributed by atoms with E-state index in [4.69, 9.17) is 0 Å². The van der Waals surface area contributed by atoms with Gasteiger partial charge in [0.25, 0.3) is 0 Å². The van der Waals surface area contributed by atoms with Gasteiger partial charge in [0.1, 0.15) is 0 Å². The molecule has 0 saturated heterocycles. The molecule has 0 aromatic carbocycles. The summed E-state index contributed by atoms with van der Waals surface area (Å²) in [5.74, 6) is -3.48. The Balaban J connectivity index is 5.18. The van der Waals surface area contributed by atoms with Crippen LogP contribution < -0.4 is 0 Å². The molecule has 2 N–H and O–H groups in total. The molecular weight excluding hydrogens is 272 g/mol. The number of rotatable bonds is 8. The second-order valence-corrected chi connectivity index (χ2v) is 3.78. The lowest BCUT2D eigenvalue weighted by Gasteiger charge is -2.28. The summed E-state index contributed by atoms with van der Waals surface area (Å²) < 4.78 is 13.7. The van der Waals surface area contributed by atoms with Crippen LogP contribution in [0.25, 0.3) is 0 Å². The number of esters is 3. The van der Waals surface area contributed by atoms with E-state index in [-0.39, 0.29) is 19.8 Å². The fraction of sp³-hybridized carbons (Fsp3) is 0.750. The zero-order valence-electron chi connectivity index (χ0n) is 11.7. The summed E-state index contributed by atoms with van der Waals surface area (Å²) in [5.41, 5.74) is -2.74. The molecule has 0 aliphatic rings. The van der Waals surface area contributed by atoms with Gasteiger partial charge in [0.15, 0.2) is 6.10 Å². The molecule has 0 bridgehead atoms. The molecule has 0 rings (SSSR count). The van der Waals surface area contributed by atoms with Gasteiger partial charge in [-0.25, -0.2) is 9.59 Å². The molecule has 8 nitrogen and oxygen atoms in total. The normalized spacial score (nSPS) is 14.8. The fourth-order valence-corrected chi connectivity index (χ4v) is 1.38. The minimum absolute atomic E-state index is 0.0211. The van der Waals surface area contributed by atoms with Gasteiger partial charge in [-0.1, -0.05) is 0 Å². The van der Waals surface area contributed by atoms with Crippen LogP contribution in [0.2, 0.25) is 0 Å². The van der Waals surface area contributed by atoms with Gasteiger partial charge >= 0.3 is 17.9 Å². The van der Waals surface area contributed by atoms with Crippen LogP contribution in [-0.2, 0) is 28.6 Å².